The third-order valence-corrected chi connectivity index (χ3v) is 4.54. The fourth-order valence-electron chi connectivity index (χ4n) is 2.88. The van der Waals surface area contributed by atoms with Gasteiger partial charge in [0, 0.05) is 23.9 Å². The molecule has 0 saturated heterocycles. The molecule has 33 heavy (non-hydrogen) atoms. The summed E-state index contributed by atoms with van der Waals surface area (Å²) >= 11 is 0. The average Bonchev–Trinajstić information content (AvgIpc) is 2.82. The molecular weight excluding hydrogens is 428 g/mol. The van der Waals surface area contributed by atoms with E-state index in [4.69, 9.17) is 10.5 Å². The highest BCUT2D eigenvalue weighted by Crippen LogP contribution is 2.26. The number of nitrogens with one attached hydrogen (secondary N) is 2. The van der Waals surface area contributed by atoms with Crippen LogP contribution >= 0.6 is 0 Å². The van der Waals surface area contributed by atoms with Gasteiger partial charge in [0.2, 0.25) is 5.91 Å². The third-order valence-electron chi connectivity index (χ3n) is 4.54. The maximum absolute atomic E-state index is 12.3. The molecule has 3 aromatic carbocycles. The summed E-state index contributed by atoms with van der Waals surface area (Å²) in [5.74, 6) is -2.10. The Morgan fingerprint density at radius 2 is 1.61 bits per heavy atom. The molecule has 0 heterocycles. The fraction of sp³-hybridized carbons (Fsp3) is 0.0870. The first-order valence-electron chi connectivity index (χ1n) is 9.76. The molecule has 0 fully saturated rings. The molecular formula is C23H20N4O6. The van der Waals surface area contributed by atoms with Crippen molar-refractivity contribution in [1.29, 1.82) is 0 Å². The highest BCUT2D eigenvalue weighted by molar-refractivity contribution is 5.97. The van der Waals surface area contributed by atoms with Crippen LogP contribution in [0.5, 0.6) is 0 Å². The lowest BCUT2D eigenvalue weighted by Crippen LogP contribution is -2.21. The molecule has 168 valence electrons. The lowest BCUT2D eigenvalue weighted by molar-refractivity contribution is -0.384. The largest absolute Gasteiger partial charge is 0.452 e. The van der Waals surface area contributed by atoms with Gasteiger partial charge in [0.25, 0.3) is 11.6 Å². The van der Waals surface area contributed by atoms with Crippen LogP contribution in [0, 0.1) is 10.1 Å². The number of nitrogens with two attached hydrogens (primary N) is 1. The van der Waals surface area contributed by atoms with Crippen molar-refractivity contribution in [3.05, 3.63) is 99.6 Å². The fourth-order valence-corrected chi connectivity index (χ4v) is 2.88. The van der Waals surface area contributed by atoms with Crippen molar-refractivity contribution < 1.29 is 24.0 Å². The topological polar surface area (TPSA) is 154 Å². The van der Waals surface area contributed by atoms with Gasteiger partial charge in [-0.2, -0.15) is 0 Å². The summed E-state index contributed by atoms with van der Waals surface area (Å²) in [6.07, 6.45) is 0. The summed E-state index contributed by atoms with van der Waals surface area (Å²) < 4.78 is 4.96. The number of nitro benzene ring substituents is 1. The number of carbonyl (C=O) groups is 3. The molecule has 4 N–H and O–H groups in total. The molecule has 0 unspecified atom stereocenters. The number of esters is 1. The number of primary amides is 1. The molecule has 3 aromatic rings. The van der Waals surface area contributed by atoms with Crippen molar-refractivity contribution in [2.45, 2.75) is 6.54 Å². The molecule has 0 aliphatic rings. The quantitative estimate of drug-likeness (QED) is 0.258. The van der Waals surface area contributed by atoms with Crippen molar-refractivity contribution in [2.24, 2.45) is 5.73 Å². The van der Waals surface area contributed by atoms with E-state index < -0.39 is 29.3 Å². The average molecular weight is 448 g/mol. The second kappa shape index (κ2) is 10.5. The number of carbonyl (C=O) groups excluding carboxylic acids is 3. The zero-order valence-corrected chi connectivity index (χ0v) is 17.3. The Balaban J connectivity index is 1.59. The standard InChI is InChI=1S/C23H20N4O6/c24-22(29)16-6-9-18(10-7-16)26-21(28)14-33-23(30)17-8-11-19(20(12-17)27(31)32)25-13-15-4-2-1-3-5-15/h1-12,25H,13-14H2,(H2,24,29)(H,26,28). The van der Waals surface area contributed by atoms with Crippen LogP contribution in [-0.4, -0.2) is 29.3 Å². The van der Waals surface area contributed by atoms with Crippen LogP contribution in [0.2, 0.25) is 0 Å². The SMILES string of the molecule is NC(=O)c1ccc(NC(=O)COC(=O)c2ccc(NCc3ccccc3)c([N+](=O)[O-])c2)cc1. The monoisotopic (exact) mass is 448 g/mol. The van der Waals surface area contributed by atoms with Crippen LogP contribution < -0.4 is 16.4 Å². The molecule has 0 atom stereocenters. The second-order valence-electron chi connectivity index (χ2n) is 6.89. The first-order chi connectivity index (χ1) is 15.8. The molecule has 2 amide bonds. The van der Waals surface area contributed by atoms with E-state index in [1.807, 2.05) is 30.3 Å². The van der Waals surface area contributed by atoms with Crippen LogP contribution in [-0.2, 0) is 16.1 Å². The summed E-state index contributed by atoms with van der Waals surface area (Å²) in [6.45, 7) is -0.232. The van der Waals surface area contributed by atoms with Gasteiger partial charge in [-0.05, 0) is 42.0 Å². The summed E-state index contributed by atoms with van der Waals surface area (Å²) in [5, 5.41) is 16.9. The van der Waals surface area contributed by atoms with E-state index in [0.29, 0.717) is 12.2 Å². The highest BCUT2D eigenvalue weighted by Gasteiger charge is 2.19. The predicted molar refractivity (Wildman–Crippen MR) is 121 cm³/mol. The first kappa shape index (κ1) is 22.9. The zero-order valence-electron chi connectivity index (χ0n) is 17.3. The molecule has 0 saturated carbocycles. The number of amides is 2. The van der Waals surface area contributed by atoms with Crippen molar-refractivity contribution in [1.82, 2.24) is 0 Å². The van der Waals surface area contributed by atoms with Crippen LogP contribution in [0.3, 0.4) is 0 Å². The second-order valence-corrected chi connectivity index (χ2v) is 6.89. The smallest absolute Gasteiger partial charge is 0.338 e. The number of benzene rings is 3. The molecule has 10 heteroatoms. The van der Waals surface area contributed by atoms with Crippen molar-refractivity contribution >= 4 is 34.8 Å². The molecule has 0 aliphatic carbocycles. The van der Waals surface area contributed by atoms with Gasteiger partial charge >= 0.3 is 5.97 Å². The Kier molecular flexibility index (Phi) is 7.32. The Morgan fingerprint density at radius 1 is 0.939 bits per heavy atom. The summed E-state index contributed by atoms with van der Waals surface area (Å²) in [7, 11) is 0. The van der Waals surface area contributed by atoms with E-state index in [0.717, 1.165) is 11.6 Å². The van der Waals surface area contributed by atoms with Crippen molar-refractivity contribution in [2.75, 3.05) is 17.2 Å². The van der Waals surface area contributed by atoms with E-state index in [-0.39, 0.29) is 22.5 Å². The molecule has 0 aromatic heterocycles. The van der Waals surface area contributed by atoms with Gasteiger partial charge < -0.3 is 21.1 Å². The van der Waals surface area contributed by atoms with E-state index in [9.17, 15) is 24.5 Å². The molecule has 0 aliphatic heterocycles. The van der Waals surface area contributed by atoms with E-state index in [1.165, 1.54) is 36.4 Å². The van der Waals surface area contributed by atoms with Gasteiger partial charge in [-0.1, -0.05) is 30.3 Å². The third kappa shape index (κ3) is 6.37. The van der Waals surface area contributed by atoms with Gasteiger partial charge in [-0.3, -0.25) is 19.7 Å². The van der Waals surface area contributed by atoms with Gasteiger partial charge in [0.1, 0.15) is 5.69 Å². The Morgan fingerprint density at radius 3 is 2.24 bits per heavy atom. The van der Waals surface area contributed by atoms with Gasteiger partial charge in [-0.25, -0.2) is 4.79 Å². The first-order valence-corrected chi connectivity index (χ1v) is 9.76. The van der Waals surface area contributed by atoms with Crippen LogP contribution in [0.1, 0.15) is 26.3 Å². The highest BCUT2D eigenvalue weighted by atomic mass is 16.6. The lowest BCUT2D eigenvalue weighted by Gasteiger charge is -2.10. The normalized spacial score (nSPS) is 10.2. The minimum Gasteiger partial charge on any atom is -0.452 e. The number of ether oxygens (including phenoxy) is 1. The zero-order chi connectivity index (χ0) is 23.8. The van der Waals surface area contributed by atoms with Crippen LogP contribution in [0.4, 0.5) is 17.1 Å². The molecule has 0 radical (unpaired) electrons. The number of nitrogens with zero attached hydrogens (tertiary/aromatic N) is 1. The Labute approximate surface area is 188 Å². The van der Waals surface area contributed by atoms with Gasteiger partial charge in [0.15, 0.2) is 6.61 Å². The van der Waals surface area contributed by atoms with E-state index >= 15 is 0 Å². The number of rotatable bonds is 9. The predicted octanol–water partition coefficient (Wildman–Crippen LogP) is 3.10. The van der Waals surface area contributed by atoms with E-state index in [1.54, 1.807) is 0 Å². The Bertz CT molecular complexity index is 1180. The summed E-state index contributed by atoms with van der Waals surface area (Å²) in [6, 6.07) is 19.1. The maximum atomic E-state index is 12.3. The molecule has 0 spiro atoms. The van der Waals surface area contributed by atoms with Crippen LogP contribution in [0.25, 0.3) is 0 Å². The Hall–Kier alpha value is -4.73. The van der Waals surface area contributed by atoms with Gasteiger partial charge in [0.05, 0.1) is 10.5 Å². The van der Waals surface area contributed by atoms with Gasteiger partial charge in [-0.15, -0.1) is 0 Å². The van der Waals surface area contributed by atoms with Crippen LogP contribution in [0.15, 0.2) is 72.8 Å². The maximum Gasteiger partial charge on any atom is 0.338 e. The number of hydrogen-bond acceptors (Lipinski definition) is 7. The summed E-state index contributed by atoms with van der Waals surface area (Å²) in [5.41, 5.74) is 6.64. The minimum absolute atomic E-state index is 0.0643. The number of hydrogen-bond donors (Lipinski definition) is 3. The lowest BCUT2D eigenvalue weighted by atomic mass is 10.1. The summed E-state index contributed by atoms with van der Waals surface area (Å²) in [4.78, 5) is 46.2. The molecule has 0 bridgehead atoms. The van der Waals surface area contributed by atoms with E-state index in [2.05, 4.69) is 10.6 Å². The van der Waals surface area contributed by atoms with Crippen molar-refractivity contribution in [3.63, 3.8) is 0 Å². The molecule has 3 rings (SSSR count). The number of anilines is 2. The minimum atomic E-state index is -0.882. The van der Waals surface area contributed by atoms with Crippen molar-refractivity contribution in [3.8, 4) is 0 Å². The molecule has 10 nitrogen and oxygen atoms in total. The number of nitro groups is 1.